The van der Waals surface area contributed by atoms with Gasteiger partial charge in [-0.1, -0.05) is 18.2 Å². The van der Waals surface area contributed by atoms with E-state index in [1.165, 1.54) is 25.2 Å². The molecule has 1 aliphatic heterocycles. The van der Waals surface area contributed by atoms with Crippen LogP contribution in [0.3, 0.4) is 0 Å². The van der Waals surface area contributed by atoms with Crippen LogP contribution in [-0.2, 0) is 23.8 Å². The number of rotatable bonds is 5. The Morgan fingerprint density at radius 1 is 1.09 bits per heavy atom. The van der Waals surface area contributed by atoms with E-state index < -0.39 is 35.8 Å². The molecule has 2 atom stereocenters. The number of nitrogens with one attached hydrogen (secondary N) is 1. The normalized spacial score (nSPS) is 19.8. The number of alkyl halides is 6. The second kappa shape index (κ2) is 9.91. The first-order chi connectivity index (χ1) is 16.4. The number of carbonyl (C=O) groups is 1. The fourth-order valence-electron chi connectivity index (χ4n) is 4.87. The summed E-state index contributed by atoms with van der Waals surface area (Å²) in [5, 5.41) is 3.03. The predicted molar refractivity (Wildman–Crippen MR) is 122 cm³/mol. The van der Waals surface area contributed by atoms with Gasteiger partial charge in [-0.15, -0.1) is 0 Å². The van der Waals surface area contributed by atoms with Crippen LogP contribution in [0.4, 0.5) is 32.2 Å². The van der Waals surface area contributed by atoms with E-state index in [9.17, 15) is 31.1 Å². The quantitative estimate of drug-likeness (QED) is 0.503. The Balaban J connectivity index is 1.47. The van der Waals surface area contributed by atoms with Gasteiger partial charge in [-0.25, -0.2) is 4.98 Å². The van der Waals surface area contributed by atoms with Crippen LogP contribution >= 0.6 is 11.8 Å². The summed E-state index contributed by atoms with van der Waals surface area (Å²) in [5.41, 5.74) is -0.0159. The van der Waals surface area contributed by atoms with E-state index in [1.807, 2.05) is 0 Å². The van der Waals surface area contributed by atoms with E-state index in [-0.39, 0.29) is 29.4 Å². The van der Waals surface area contributed by atoms with Gasteiger partial charge in [-0.2, -0.15) is 38.1 Å². The van der Waals surface area contributed by atoms with Crippen molar-refractivity contribution in [1.29, 1.82) is 0 Å². The van der Waals surface area contributed by atoms with Crippen molar-refractivity contribution in [3.8, 4) is 0 Å². The summed E-state index contributed by atoms with van der Waals surface area (Å²) >= 11 is 1.68. The summed E-state index contributed by atoms with van der Waals surface area (Å²) in [6, 6.07) is 4.21. The first-order valence-corrected chi connectivity index (χ1v) is 12.4. The van der Waals surface area contributed by atoms with E-state index in [2.05, 4.69) is 10.3 Å². The standard InChI is InChI=1S/C24H25F6N3OS/c1-33(22(34)14-7-9-35-10-8-14)21(24(28,29)30)16-5-6-20(31-13-16)32-17-11-15-3-2-4-19(18(15)12-17)23(25,26)27/h2-6,13-14,17,21H,7-12H2,1H3,(H,31,32)/t17?,21-/m0/s1. The van der Waals surface area contributed by atoms with Gasteiger partial charge in [0.05, 0.1) is 5.56 Å². The van der Waals surface area contributed by atoms with Gasteiger partial charge in [-0.05, 0) is 60.4 Å². The molecule has 1 aromatic carbocycles. The number of amides is 1. The Bertz CT molecular complexity index is 1050. The second-order valence-electron chi connectivity index (χ2n) is 8.95. The summed E-state index contributed by atoms with van der Waals surface area (Å²) in [6.45, 7) is 0. The summed E-state index contributed by atoms with van der Waals surface area (Å²) < 4.78 is 81.8. The number of nitrogens with zero attached hydrogens (tertiary/aromatic N) is 2. The van der Waals surface area contributed by atoms with Crippen LogP contribution in [0.5, 0.6) is 0 Å². The van der Waals surface area contributed by atoms with Crippen molar-refractivity contribution in [3.05, 3.63) is 58.8 Å². The number of benzene rings is 1. The molecule has 11 heteroatoms. The molecule has 1 saturated heterocycles. The summed E-state index contributed by atoms with van der Waals surface area (Å²) in [4.78, 5) is 17.6. The van der Waals surface area contributed by atoms with Crippen LogP contribution in [-0.4, -0.2) is 46.6 Å². The van der Waals surface area contributed by atoms with Gasteiger partial charge in [0, 0.05) is 30.8 Å². The number of thioether (sulfide) groups is 1. The molecule has 2 aromatic rings. The molecule has 4 nitrogen and oxygen atoms in total. The molecule has 1 aliphatic carbocycles. The SMILES string of the molecule is CN(C(=O)C1CCSCC1)[C@@H](c1ccc(NC2Cc3cccc(C(F)(F)F)c3C2)nc1)C(F)(F)F. The van der Waals surface area contributed by atoms with Gasteiger partial charge in [0.15, 0.2) is 6.04 Å². The van der Waals surface area contributed by atoms with Crippen molar-refractivity contribution in [1.82, 2.24) is 9.88 Å². The van der Waals surface area contributed by atoms with E-state index in [4.69, 9.17) is 0 Å². The Labute approximate surface area is 203 Å². The van der Waals surface area contributed by atoms with Crippen LogP contribution in [0.1, 0.15) is 41.1 Å². The van der Waals surface area contributed by atoms with Crippen LogP contribution < -0.4 is 5.32 Å². The van der Waals surface area contributed by atoms with Crippen molar-refractivity contribution in [3.63, 3.8) is 0 Å². The molecule has 2 heterocycles. The van der Waals surface area contributed by atoms with E-state index in [0.717, 1.165) is 28.7 Å². The van der Waals surface area contributed by atoms with Crippen LogP contribution in [0, 0.1) is 5.92 Å². The molecule has 0 saturated carbocycles. The molecule has 0 bridgehead atoms. The average Bonchev–Trinajstić information content (AvgIpc) is 3.21. The highest BCUT2D eigenvalue weighted by Crippen LogP contribution is 2.40. The molecule has 1 unspecified atom stereocenters. The zero-order chi connectivity index (χ0) is 25.4. The number of aromatic nitrogens is 1. The molecule has 35 heavy (non-hydrogen) atoms. The van der Waals surface area contributed by atoms with E-state index >= 15 is 0 Å². The topological polar surface area (TPSA) is 45.2 Å². The van der Waals surface area contributed by atoms with Crippen molar-refractivity contribution >= 4 is 23.5 Å². The van der Waals surface area contributed by atoms with Gasteiger partial charge >= 0.3 is 12.4 Å². The first-order valence-electron chi connectivity index (χ1n) is 11.3. The average molecular weight is 518 g/mol. The maximum absolute atomic E-state index is 14.0. The Kier molecular flexibility index (Phi) is 7.26. The van der Waals surface area contributed by atoms with E-state index in [0.29, 0.717) is 24.8 Å². The molecule has 0 radical (unpaired) electrons. The lowest BCUT2D eigenvalue weighted by Crippen LogP contribution is -2.43. The lowest BCUT2D eigenvalue weighted by molar-refractivity contribution is -0.190. The maximum Gasteiger partial charge on any atom is 0.416 e. The van der Waals surface area contributed by atoms with Gasteiger partial charge < -0.3 is 10.2 Å². The molecule has 0 spiro atoms. The minimum absolute atomic E-state index is 0.135. The zero-order valence-electron chi connectivity index (χ0n) is 18.9. The number of fused-ring (bicyclic) bond motifs is 1. The highest BCUT2D eigenvalue weighted by molar-refractivity contribution is 7.99. The largest absolute Gasteiger partial charge is 0.416 e. The van der Waals surface area contributed by atoms with Crippen molar-refractivity contribution < 1.29 is 31.1 Å². The Morgan fingerprint density at radius 2 is 1.80 bits per heavy atom. The molecule has 2 aliphatic rings. The number of pyridine rings is 1. The number of halogens is 6. The first kappa shape index (κ1) is 25.7. The van der Waals surface area contributed by atoms with Crippen molar-refractivity contribution in [2.45, 2.75) is 50.1 Å². The molecule has 190 valence electrons. The number of carbonyl (C=O) groups excluding carboxylic acids is 1. The molecule has 1 amide bonds. The molecule has 1 aromatic heterocycles. The molecule has 4 rings (SSSR count). The van der Waals surface area contributed by atoms with Crippen LogP contribution in [0.15, 0.2) is 36.5 Å². The zero-order valence-corrected chi connectivity index (χ0v) is 19.7. The minimum atomic E-state index is -4.69. The Morgan fingerprint density at radius 3 is 2.40 bits per heavy atom. The van der Waals surface area contributed by atoms with E-state index in [1.54, 1.807) is 17.8 Å². The van der Waals surface area contributed by atoms with Crippen molar-refractivity contribution in [2.24, 2.45) is 5.92 Å². The third-order valence-electron chi connectivity index (χ3n) is 6.56. The minimum Gasteiger partial charge on any atom is -0.367 e. The fourth-order valence-corrected chi connectivity index (χ4v) is 5.98. The Hall–Kier alpha value is -2.43. The third-order valence-corrected chi connectivity index (χ3v) is 7.61. The lowest BCUT2D eigenvalue weighted by Gasteiger charge is -2.33. The molecular formula is C24H25F6N3OS. The number of hydrogen-bond acceptors (Lipinski definition) is 4. The van der Waals surface area contributed by atoms with Gasteiger partial charge in [0.1, 0.15) is 5.82 Å². The van der Waals surface area contributed by atoms with Crippen molar-refractivity contribution in [2.75, 3.05) is 23.9 Å². The van der Waals surface area contributed by atoms with Crippen LogP contribution in [0.2, 0.25) is 0 Å². The molecular weight excluding hydrogens is 492 g/mol. The smallest absolute Gasteiger partial charge is 0.367 e. The molecule has 1 fully saturated rings. The molecule has 1 N–H and O–H groups in total. The monoisotopic (exact) mass is 517 g/mol. The summed E-state index contributed by atoms with van der Waals surface area (Å²) in [7, 11) is 1.17. The lowest BCUT2D eigenvalue weighted by atomic mass is 9.99. The number of hydrogen-bond donors (Lipinski definition) is 1. The van der Waals surface area contributed by atoms with Gasteiger partial charge in [0.25, 0.3) is 0 Å². The summed E-state index contributed by atoms with van der Waals surface area (Å²) in [5.74, 6) is 0.806. The van der Waals surface area contributed by atoms with Gasteiger partial charge in [0.2, 0.25) is 5.91 Å². The maximum atomic E-state index is 14.0. The van der Waals surface area contributed by atoms with Gasteiger partial charge in [-0.3, -0.25) is 4.79 Å². The number of anilines is 1. The summed E-state index contributed by atoms with van der Waals surface area (Å²) in [6.07, 6.45) is -6.47. The second-order valence-corrected chi connectivity index (χ2v) is 10.2. The highest BCUT2D eigenvalue weighted by Gasteiger charge is 2.46. The third kappa shape index (κ3) is 5.70. The van der Waals surface area contributed by atoms with Crippen LogP contribution in [0.25, 0.3) is 0 Å². The fraction of sp³-hybridized carbons (Fsp3) is 0.500. The highest BCUT2D eigenvalue weighted by atomic mass is 32.2. The predicted octanol–water partition coefficient (Wildman–Crippen LogP) is 5.88.